The minimum Gasteiger partial charge on any atom is -0.490 e. The molecule has 0 saturated heterocycles. The number of benzene rings is 2. The number of ether oxygens (including phenoxy) is 2. The number of amides is 1. The van der Waals surface area contributed by atoms with Gasteiger partial charge in [-0.1, -0.05) is 19.9 Å². The van der Waals surface area contributed by atoms with Gasteiger partial charge in [-0.2, -0.15) is 0 Å². The second kappa shape index (κ2) is 7.68. The smallest absolute Gasteiger partial charge is 0.248 e. The summed E-state index contributed by atoms with van der Waals surface area (Å²) in [5.74, 6) is 1.60. The first-order valence-electron chi connectivity index (χ1n) is 7.73. The molecule has 0 aliphatic carbocycles. The number of hydrogen-bond acceptors (Lipinski definition) is 3. The first-order valence-corrected chi connectivity index (χ1v) is 7.73. The van der Waals surface area contributed by atoms with Crippen molar-refractivity contribution in [1.82, 2.24) is 0 Å². The van der Waals surface area contributed by atoms with E-state index in [0.29, 0.717) is 30.4 Å². The summed E-state index contributed by atoms with van der Waals surface area (Å²) in [6.45, 7) is 7.35. The van der Waals surface area contributed by atoms with Crippen LogP contribution >= 0.6 is 0 Å². The summed E-state index contributed by atoms with van der Waals surface area (Å²) in [5.41, 5.74) is 8.23. The zero-order valence-electron chi connectivity index (χ0n) is 13.8. The van der Waals surface area contributed by atoms with Gasteiger partial charge in [0.2, 0.25) is 5.91 Å². The maximum Gasteiger partial charge on any atom is 0.248 e. The zero-order chi connectivity index (χ0) is 16.8. The lowest BCUT2D eigenvalue weighted by Crippen LogP contribution is -2.11. The van der Waals surface area contributed by atoms with Gasteiger partial charge in [-0.25, -0.2) is 0 Å². The minimum absolute atomic E-state index is 0.431. The standard InChI is InChI=1S/C19H23NO3/c1-13(2)18-9-8-17(12-14(18)3)23-11-10-22-16-6-4-15(5-7-16)19(20)21/h4-9,12-13H,10-11H2,1-3H3,(H2,20,21). The third kappa shape index (κ3) is 4.74. The van der Waals surface area contributed by atoms with Gasteiger partial charge in [0.1, 0.15) is 24.7 Å². The van der Waals surface area contributed by atoms with E-state index in [1.807, 2.05) is 6.07 Å². The molecule has 0 heterocycles. The topological polar surface area (TPSA) is 61.6 Å². The SMILES string of the molecule is Cc1cc(OCCOc2ccc(C(N)=O)cc2)ccc1C(C)C. The van der Waals surface area contributed by atoms with Crippen molar-refractivity contribution in [2.45, 2.75) is 26.7 Å². The molecule has 2 aromatic carbocycles. The Morgan fingerprint density at radius 2 is 1.57 bits per heavy atom. The van der Waals surface area contributed by atoms with Crippen molar-refractivity contribution in [2.75, 3.05) is 13.2 Å². The minimum atomic E-state index is -0.444. The molecule has 0 bridgehead atoms. The molecule has 2 rings (SSSR count). The van der Waals surface area contributed by atoms with Crippen LogP contribution in [0, 0.1) is 6.92 Å². The maximum absolute atomic E-state index is 11.0. The highest BCUT2D eigenvalue weighted by Gasteiger charge is 2.05. The van der Waals surface area contributed by atoms with Crippen LogP contribution in [-0.4, -0.2) is 19.1 Å². The van der Waals surface area contributed by atoms with Crippen molar-refractivity contribution in [1.29, 1.82) is 0 Å². The van der Waals surface area contributed by atoms with Gasteiger partial charge in [0.05, 0.1) is 0 Å². The van der Waals surface area contributed by atoms with E-state index in [-0.39, 0.29) is 0 Å². The molecular formula is C19H23NO3. The van der Waals surface area contributed by atoms with Gasteiger partial charge in [0.25, 0.3) is 0 Å². The first kappa shape index (κ1) is 16.9. The van der Waals surface area contributed by atoms with Crippen LogP contribution in [0.5, 0.6) is 11.5 Å². The molecule has 2 N–H and O–H groups in total. The Hall–Kier alpha value is -2.49. The van der Waals surface area contributed by atoms with Crippen molar-refractivity contribution in [3.63, 3.8) is 0 Å². The van der Waals surface area contributed by atoms with Crippen LogP contribution in [0.3, 0.4) is 0 Å². The number of nitrogens with two attached hydrogens (primary N) is 1. The lowest BCUT2D eigenvalue weighted by Gasteiger charge is -2.13. The molecular weight excluding hydrogens is 290 g/mol. The Morgan fingerprint density at radius 1 is 1.00 bits per heavy atom. The Kier molecular flexibility index (Phi) is 5.63. The second-order valence-electron chi connectivity index (χ2n) is 5.76. The van der Waals surface area contributed by atoms with Crippen molar-refractivity contribution in [3.8, 4) is 11.5 Å². The van der Waals surface area contributed by atoms with Gasteiger partial charge in [0.15, 0.2) is 0 Å². The normalized spacial score (nSPS) is 10.6. The molecule has 0 spiro atoms. The van der Waals surface area contributed by atoms with Crippen molar-refractivity contribution >= 4 is 5.91 Å². The zero-order valence-corrected chi connectivity index (χ0v) is 13.8. The largest absolute Gasteiger partial charge is 0.490 e. The molecule has 0 atom stereocenters. The molecule has 0 aliphatic heterocycles. The van der Waals surface area contributed by atoms with E-state index in [0.717, 1.165) is 5.75 Å². The number of aryl methyl sites for hydroxylation is 1. The van der Waals surface area contributed by atoms with Gasteiger partial charge in [-0.15, -0.1) is 0 Å². The second-order valence-corrected chi connectivity index (χ2v) is 5.76. The fraction of sp³-hybridized carbons (Fsp3) is 0.316. The van der Waals surface area contributed by atoms with Gasteiger partial charge < -0.3 is 15.2 Å². The third-order valence-electron chi connectivity index (χ3n) is 3.62. The molecule has 0 aliphatic rings. The molecule has 4 heteroatoms. The monoisotopic (exact) mass is 313 g/mol. The predicted octanol–water partition coefficient (Wildman–Crippen LogP) is 3.68. The van der Waals surface area contributed by atoms with E-state index in [1.54, 1.807) is 24.3 Å². The lowest BCUT2D eigenvalue weighted by molar-refractivity contribution is 0.1000. The Balaban J connectivity index is 1.81. The summed E-state index contributed by atoms with van der Waals surface area (Å²) >= 11 is 0. The summed E-state index contributed by atoms with van der Waals surface area (Å²) in [7, 11) is 0. The first-order chi connectivity index (χ1) is 11.0. The van der Waals surface area contributed by atoms with E-state index in [2.05, 4.69) is 32.9 Å². The Bertz CT molecular complexity index is 663. The third-order valence-corrected chi connectivity index (χ3v) is 3.62. The van der Waals surface area contributed by atoms with Crippen LogP contribution < -0.4 is 15.2 Å². The Labute approximate surface area is 137 Å². The number of carbonyl (C=O) groups excluding carboxylic acids is 1. The predicted molar refractivity (Wildman–Crippen MR) is 91.2 cm³/mol. The quantitative estimate of drug-likeness (QED) is 0.793. The summed E-state index contributed by atoms with van der Waals surface area (Å²) in [4.78, 5) is 11.0. The summed E-state index contributed by atoms with van der Waals surface area (Å²) in [6, 6.07) is 12.9. The molecule has 1 amide bonds. The van der Waals surface area contributed by atoms with Crippen LogP contribution in [0.2, 0.25) is 0 Å². The molecule has 0 aromatic heterocycles. The van der Waals surface area contributed by atoms with E-state index >= 15 is 0 Å². The summed E-state index contributed by atoms with van der Waals surface area (Å²) in [6.07, 6.45) is 0. The number of carbonyl (C=O) groups is 1. The van der Waals surface area contributed by atoms with Crippen LogP contribution in [0.15, 0.2) is 42.5 Å². The fourth-order valence-electron chi connectivity index (χ4n) is 2.42. The summed E-state index contributed by atoms with van der Waals surface area (Å²) < 4.78 is 11.3. The van der Waals surface area contributed by atoms with Gasteiger partial charge in [0, 0.05) is 5.56 Å². The van der Waals surface area contributed by atoms with Crippen LogP contribution in [0.1, 0.15) is 41.3 Å². The molecule has 4 nitrogen and oxygen atoms in total. The molecule has 0 unspecified atom stereocenters. The molecule has 122 valence electrons. The van der Waals surface area contributed by atoms with E-state index < -0.39 is 5.91 Å². The molecule has 0 fully saturated rings. The Morgan fingerprint density at radius 3 is 2.09 bits per heavy atom. The highest BCUT2D eigenvalue weighted by Crippen LogP contribution is 2.23. The van der Waals surface area contributed by atoms with Crippen LogP contribution in [0.25, 0.3) is 0 Å². The van der Waals surface area contributed by atoms with E-state index in [1.165, 1.54) is 11.1 Å². The molecule has 0 saturated carbocycles. The van der Waals surface area contributed by atoms with E-state index in [9.17, 15) is 4.79 Å². The average molecular weight is 313 g/mol. The highest BCUT2D eigenvalue weighted by atomic mass is 16.5. The van der Waals surface area contributed by atoms with Crippen molar-refractivity contribution < 1.29 is 14.3 Å². The molecule has 2 aromatic rings. The number of rotatable bonds is 7. The van der Waals surface area contributed by atoms with Crippen LogP contribution in [0.4, 0.5) is 0 Å². The lowest BCUT2D eigenvalue weighted by atomic mass is 9.98. The van der Waals surface area contributed by atoms with Gasteiger partial charge >= 0.3 is 0 Å². The molecule has 23 heavy (non-hydrogen) atoms. The van der Waals surface area contributed by atoms with Crippen molar-refractivity contribution in [3.05, 3.63) is 59.2 Å². The fourth-order valence-corrected chi connectivity index (χ4v) is 2.42. The average Bonchev–Trinajstić information content (AvgIpc) is 2.51. The number of primary amides is 1. The van der Waals surface area contributed by atoms with Gasteiger partial charge in [-0.3, -0.25) is 4.79 Å². The molecule has 0 radical (unpaired) electrons. The summed E-state index contributed by atoms with van der Waals surface area (Å²) in [5, 5.41) is 0. The van der Waals surface area contributed by atoms with E-state index in [4.69, 9.17) is 15.2 Å². The van der Waals surface area contributed by atoms with Crippen LogP contribution in [-0.2, 0) is 0 Å². The highest BCUT2D eigenvalue weighted by molar-refractivity contribution is 5.92. The number of hydrogen-bond donors (Lipinski definition) is 1. The van der Waals surface area contributed by atoms with Gasteiger partial charge in [-0.05, 0) is 60.4 Å². The van der Waals surface area contributed by atoms with Crippen molar-refractivity contribution in [2.24, 2.45) is 5.73 Å². The maximum atomic E-state index is 11.0.